The molecule has 16 heteroatoms. The van der Waals surface area contributed by atoms with Crippen molar-refractivity contribution in [2.75, 3.05) is 44.1 Å². The predicted octanol–water partition coefficient (Wildman–Crippen LogP) is 3.79. The van der Waals surface area contributed by atoms with Crippen molar-refractivity contribution < 1.29 is 46.2 Å². The Morgan fingerprint density at radius 3 is 2.35 bits per heavy atom. The first-order valence-electron chi connectivity index (χ1n) is 14.7. The number of benzene rings is 3. The number of hydrogen-bond acceptors (Lipinski definition) is 8. The fourth-order valence-electron chi connectivity index (χ4n) is 5.47. The summed E-state index contributed by atoms with van der Waals surface area (Å²) < 4.78 is 61.2. The van der Waals surface area contributed by atoms with E-state index in [9.17, 15) is 37.1 Å². The third kappa shape index (κ3) is 7.33. The summed E-state index contributed by atoms with van der Waals surface area (Å²) >= 11 is 0. The van der Waals surface area contributed by atoms with Gasteiger partial charge in [-0.25, -0.2) is 22.0 Å². The van der Waals surface area contributed by atoms with Crippen LogP contribution >= 0.6 is 0 Å². The lowest BCUT2D eigenvalue weighted by atomic mass is 9.92. The molecular weight excluding hydrogens is 652 g/mol. The third-order valence-corrected chi connectivity index (χ3v) is 9.81. The number of carbonyl (C=O) groups is 4. The molecule has 0 aliphatic carbocycles. The second-order valence-corrected chi connectivity index (χ2v) is 13.5. The van der Waals surface area contributed by atoms with Crippen molar-refractivity contribution in [1.29, 1.82) is 0 Å². The molecule has 0 spiro atoms. The lowest BCUT2D eigenvalue weighted by Crippen LogP contribution is -2.40. The molecule has 0 aromatic heterocycles. The van der Waals surface area contributed by atoms with E-state index in [1.165, 1.54) is 63.4 Å². The van der Waals surface area contributed by atoms with Gasteiger partial charge in [-0.05, 0) is 66.1 Å². The average Bonchev–Trinajstić information content (AvgIpc) is 3.50. The maximum absolute atomic E-state index is 15.1. The lowest BCUT2D eigenvalue weighted by molar-refractivity contribution is -0.143. The molecular formula is C32H35F2N5O8S. The van der Waals surface area contributed by atoms with Crippen molar-refractivity contribution in [2.45, 2.75) is 30.3 Å². The summed E-state index contributed by atoms with van der Waals surface area (Å²) in [5.74, 6) is -6.54. The molecule has 0 radical (unpaired) electrons. The van der Waals surface area contributed by atoms with Crippen molar-refractivity contribution in [2.24, 2.45) is 11.7 Å². The van der Waals surface area contributed by atoms with Gasteiger partial charge >= 0.3 is 12.0 Å². The van der Waals surface area contributed by atoms with Crippen LogP contribution in [-0.4, -0.2) is 80.6 Å². The van der Waals surface area contributed by atoms with Crippen LogP contribution in [0.5, 0.6) is 5.75 Å². The standard InChI is InChI=1S/C32H35F2N5O8S/c1-5-48(45,46)26-11-8-19(36-32(44)38(2)3)16-21(26)28-20(31(42)43)12-13-39(28)30(41)27(17-6-10-23(34)25(15-17)47-4)37-24-14-18(29(35)40)7-9-22(24)33/h6-11,14-16,20,27-28,37H,5,12-13H2,1-4H3,(H2,35,40)(H,36,44)(H,42,43). The van der Waals surface area contributed by atoms with Gasteiger partial charge in [0, 0.05) is 31.9 Å². The molecule has 48 heavy (non-hydrogen) atoms. The van der Waals surface area contributed by atoms with E-state index in [1.54, 1.807) is 0 Å². The van der Waals surface area contributed by atoms with E-state index in [4.69, 9.17) is 10.5 Å². The highest BCUT2D eigenvalue weighted by Gasteiger charge is 2.46. The third-order valence-electron chi connectivity index (χ3n) is 8.01. The van der Waals surface area contributed by atoms with Crippen LogP contribution in [0.25, 0.3) is 0 Å². The molecule has 0 bridgehead atoms. The number of nitrogens with one attached hydrogen (secondary N) is 2. The van der Waals surface area contributed by atoms with Crippen LogP contribution in [0.2, 0.25) is 0 Å². The summed E-state index contributed by atoms with van der Waals surface area (Å²) in [7, 11) is 0.181. The average molecular weight is 688 g/mol. The Kier molecular flexibility index (Phi) is 10.6. The molecule has 1 aliphatic heterocycles. The number of aliphatic carboxylic acids is 1. The minimum Gasteiger partial charge on any atom is -0.494 e. The Labute approximate surface area is 275 Å². The lowest BCUT2D eigenvalue weighted by Gasteiger charge is -2.33. The number of urea groups is 1. The van der Waals surface area contributed by atoms with Crippen LogP contribution in [0.15, 0.2) is 59.5 Å². The minimum atomic E-state index is -4.00. The molecule has 3 aromatic rings. The Balaban J connectivity index is 1.92. The van der Waals surface area contributed by atoms with Gasteiger partial charge in [-0.2, -0.15) is 0 Å². The van der Waals surface area contributed by atoms with Gasteiger partial charge in [0.05, 0.1) is 35.4 Å². The number of rotatable bonds is 11. The van der Waals surface area contributed by atoms with Crippen LogP contribution in [0.3, 0.4) is 0 Å². The first-order valence-corrected chi connectivity index (χ1v) is 16.3. The van der Waals surface area contributed by atoms with E-state index in [-0.39, 0.29) is 57.4 Å². The van der Waals surface area contributed by atoms with Crippen LogP contribution in [0.1, 0.15) is 46.9 Å². The molecule has 0 saturated carbocycles. The highest BCUT2D eigenvalue weighted by atomic mass is 32.2. The second-order valence-electron chi connectivity index (χ2n) is 11.2. The molecule has 1 saturated heterocycles. The normalized spacial score (nSPS) is 16.6. The largest absolute Gasteiger partial charge is 0.494 e. The Bertz CT molecular complexity index is 1870. The molecule has 1 aliphatic rings. The van der Waals surface area contributed by atoms with Gasteiger partial charge in [0.25, 0.3) is 0 Å². The number of carbonyl (C=O) groups excluding carboxylic acids is 3. The summed E-state index contributed by atoms with van der Waals surface area (Å²) in [4.78, 5) is 53.7. The second kappa shape index (κ2) is 14.3. The number of likely N-dealkylation sites (tertiary alicyclic amines) is 1. The number of hydrogen-bond donors (Lipinski definition) is 4. The van der Waals surface area contributed by atoms with Crippen LogP contribution in [0, 0.1) is 17.6 Å². The zero-order valence-electron chi connectivity index (χ0n) is 26.5. The first-order chi connectivity index (χ1) is 22.6. The number of sulfone groups is 1. The predicted molar refractivity (Wildman–Crippen MR) is 171 cm³/mol. The molecule has 3 unspecified atom stereocenters. The van der Waals surface area contributed by atoms with Crippen molar-refractivity contribution in [1.82, 2.24) is 9.80 Å². The van der Waals surface area contributed by atoms with Gasteiger partial charge in [0.15, 0.2) is 21.4 Å². The summed E-state index contributed by atoms with van der Waals surface area (Å²) in [6.07, 6.45) is -0.0867. The Morgan fingerprint density at radius 2 is 1.75 bits per heavy atom. The summed E-state index contributed by atoms with van der Waals surface area (Å²) in [6, 6.07) is 7.11. The fourth-order valence-corrected chi connectivity index (χ4v) is 6.59. The highest BCUT2D eigenvalue weighted by molar-refractivity contribution is 7.91. The number of amides is 4. The fraction of sp³-hybridized carbons (Fsp3) is 0.312. The molecule has 5 N–H and O–H groups in total. The van der Waals surface area contributed by atoms with Crippen molar-refractivity contribution >= 4 is 45.0 Å². The molecule has 4 rings (SSSR count). The Hall–Kier alpha value is -5.25. The molecule has 1 heterocycles. The van der Waals surface area contributed by atoms with Crippen LogP contribution < -0.4 is 21.1 Å². The van der Waals surface area contributed by atoms with Crippen LogP contribution in [-0.2, 0) is 19.4 Å². The smallest absolute Gasteiger partial charge is 0.321 e. The van der Waals surface area contributed by atoms with E-state index in [1.807, 2.05) is 0 Å². The molecule has 13 nitrogen and oxygen atoms in total. The summed E-state index contributed by atoms with van der Waals surface area (Å²) in [5.41, 5.74) is 5.14. The highest BCUT2D eigenvalue weighted by Crippen LogP contribution is 2.43. The quantitative estimate of drug-likeness (QED) is 0.233. The first kappa shape index (κ1) is 35.6. The number of ether oxygens (including phenoxy) is 1. The van der Waals surface area contributed by atoms with Gasteiger partial charge in [-0.1, -0.05) is 13.0 Å². The molecule has 256 valence electrons. The van der Waals surface area contributed by atoms with Crippen molar-refractivity contribution in [3.8, 4) is 5.75 Å². The van der Waals surface area contributed by atoms with Gasteiger partial charge < -0.3 is 36.0 Å². The maximum atomic E-state index is 15.1. The Morgan fingerprint density at radius 1 is 1.06 bits per heavy atom. The number of methoxy groups -OCH3 is 1. The molecule has 3 atom stereocenters. The summed E-state index contributed by atoms with van der Waals surface area (Å²) in [5, 5.41) is 15.6. The number of nitrogens with two attached hydrogens (primary N) is 1. The zero-order valence-corrected chi connectivity index (χ0v) is 27.3. The van der Waals surface area contributed by atoms with Gasteiger partial charge in [-0.15, -0.1) is 0 Å². The molecule has 3 aromatic carbocycles. The molecule has 4 amide bonds. The molecule has 1 fully saturated rings. The van der Waals surface area contributed by atoms with Crippen molar-refractivity contribution in [3.63, 3.8) is 0 Å². The topological polar surface area (TPSA) is 188 Å². The van der Waals surface area contributed by atoms with E-state index in [2.05, 4.69) is 10.6 Å². The van der Waals surface area contributed by atoms with Gasteiger partial charge in [-0.3, -0.25) is 14.4 Å². The number of carboxylic acids is 1. The maximum Gasteiger partial charge on any atom is 0.321 e. The van der Waals surface area contributed by atoms with E-state index < -0.39 is 63.3 Å². The summed E-state index contributed by atoms with van der Waals surface area (Å²) in [6.45, 7) is 1.24. The number of halogens is 2. The zero-order chi connectivity index (χ0) is 35.5. The monoisotopic (exact) mass is 687 g/mol. The van der Waals surface area contributed by atoms with Gasteiger partial charge in [0.1, 0.15) is 11.9 Å². The van der Waals surface area contributed by atoms with E-state index in [0.29, 0.717) is 0 Å². The number of carboxylic acid groups (broad SMARTS) is 1. The van der Waals surface area contributed by atoms with E-state index >= 15 is 4.39 Å². The van der Waals surface area contributed by atoms with Crippen LogP contribution in [0.4, 0.5) is 25.0 Å². The minimum absolute atomic E-state index is 0.0519. The number of anilines is 2. The van der Waals surface area contributed by atoms with Gasteiger partial charge in [0.2, 0.25) is 11.8 Å². The SMILES string of the molecule is CCS(=O)(=O)c1ccc(NC(=O)N(C)C)cc1C1C(C(=O)O)CCN1C(=O)C(Nc1cc(C(N)=O)ccc1F)c1ccc(F)c(OC)c1. The van der Waals surface area contributed by atoms with E-state index in [0.717, 1.165) is 29.2 Å². The number of nitrogens with zero attached hydrogens (tertiary/aromatic N) is 2. The number of primary amides is 1. The van der Waals surface area contributed by atoms with Crippen molar-refractivity contribution in [3.05, 3.63) is 82.9 Å².